The van der Waals surface area contributed by atoms with Crippen LogP contribution in [0.2, 0.25) is 0 Å². The Morgan fingerprint density at radius 2 is 1.85 bits per heavy atom. The van der Waals surface area contributed by atoms with Crippen molar-refractivity contribution < 1.29 is 9.21 Å². The van der Waals surface area contributed by atoms with Crippen LogP contribution >= 0.6 is 0 Å². The average molecular weight is 522 g/mol. The number of carbonyl (C=O) groups is 1. The Labute approximate surface area is 229 Å². The Bertz CT molecular complexity index is 1570. The second-order valence-corrected chi connectivity index (χ2v) is 9.83. The van der Waals surface area contributed by atoms with Crippen LogP contribution in [0.5, 0.6) is 0 Å². The van der Waals surface area contributed by atoms with E-state index in [2.05, 4.69) is 57.5 Å². The van der Waals surface area contributed by atoms with Crippen molar-refractivity contribution in [3.05, 3.63) is 84.6 Å². The number of aromatic nitrogens is 3. The molecule has 39 heavy (non-hydrogen) atoms. The topological polar surface area (TPSA) is 84.2 Å². The molecule has 4 heterocycles. The lowest BCUT2D eigenvalue weighted by molar-refractivity contribution is -0.130. The molecule has 0 aliphatic carbocycles. The maximum Gasteiger partial charge on any atom is 0.219 e. The van der Waals surface area contributed by atoms with E-state index >= 15 is 0 Å². The van der Waals surface area contributed by atoms with Crippen LogP contribution in [0.3, 0.4) is 0 Å². The number of rotatable bonds is 5. The number of pyridine rings is 1. The number of nitrogens with zero attached hydrogens (tertiary/aromatic N) is 4. The summed E-state index contributed by atoms with van der Waals surface area (Å²) in [7, 11) is 0. The van der Waals surface area contributed by atoms with Crippen LogP contribution in [0.15, 0.2) is 77.9 Å². The first-order valence-electron chi connectivity index (χ1n) is 13.7. The highest BCUT2D eigenvalue weighted by atomic mass is 16.3. The molecular formula is C32H35N5O2. The molecule has 0 bridgehead atoms. The summed E-state index contributed by atoms with van der Waals surface area (Å²) in [5.41, 5.74) is 7.89. The van der Waals surface area contributed by atoms with Gasteiger partial charge in [-0.3, -0.25) is 19.7 Å². The number of likely N-dealkylation sites (tertiary alicyclic amines) is 1. The first kappa shape index (κ1) is 26.4. The van der Waals surface area contributed by atoms with E-state index in [9.17, 15) is 4.79 Å². The van der Waals surface area contributed by atoms with Crippen LogP contribution in [0.25, 0.3) is 33.1 Å². The van der Waals surface area contributed by atoms with Crippen LogP contribution in [0.1, 0.15) is 50.8 Å². The number of fused-ring (bicyclic) bond motifs is 2. The van der Waals surface area contributed by atoms with Crippen molar-refractivity contribution >= 4 is 33.6 Å². The van der Waals surface area contributed by atoms with E-state index in [-0.39, 0.29) is 11.9 Å². The molecule has 2 aromatic carbocycles. The summed E-state index contributed by atoms with van der Waals surface area (Å²) in [5.74, 6) is 0.512. The molecule has 1 aliphatic rings. The van der Waals surface area contributed by atoms with Gasteiger partial charge in [-0.25, -0.2) is 0 Å². The molecule has 1 atom stereocenters. The van der Waals surface area contributed by atoms with E-state index in [1.807, 2.05) is 37.1 Å². The molecule has 1 fully saturated rings. The monoisotopic (exact) mass is 521 g/mol. The predicted molar refractivity (Wildman–Crippen MR) is 156 cm³/mol. The summed E-state index contributed by atoms with van der Waals surface area (Å²) in [6.07, 6.45) is 10.9. The number of benzene rings is 2. The van der Waals surface area contributed by atoms with Crippen LogP contribution < -0.4 is 5.32 Å². The Balaban J connectivity index is 0.00000151. The fourth-order valence-electron chi connectivity index (χ4n) is 5.46. The van der Waals surface area contributed by atoms with Crippen molar-refractivity contribution in [2.24, 2.45) is 5.92 Å². The minimum absolute atomic E-state index is 0.0587. The lowest BCUT2D eigenvalue weighted by Gasteiger charge is -2.36. The summed E-state index contributed by atoms with van der Waals surface area (Å²) in [6.45, 7) is 9.26. The first-order valence-corrected chi connectivity index (χ1v) is 13.7. The SMILES string of the molecule is CC.CC(=O)N1CCC(C(Nc2cc(-c3ccc4occ(C)c4c3)c3nccnc3c2)c2cccnc2)CC1. The number of hydrogen-bond donors (Lipinski definition) is 1. The smallest absolute Gasteiger partial charge is 0.219 e. The number of furan rings is 1. The van der Waals surface area contributed by atoms with Crippen molar-refractivity contribution in [1.82, 2.24) is 19.9 Å². The predicted octanol–water partition coefficient (Wildman–Crippen LogP) is 7.18. The van der Waals surface area contributed by atoms with Gasteiger partial charge in [0.25, 0.3) is 0 Å². The van der Waals surface area contributed by atoms with E-state index < -0.39 is 0 Å². The van der Waals surface area contributed by atoms with Gasteiger partial charge in [-0.2, -0.15) is 0 Å². The van der Waals surface area contributed by atoms with E-state index in [0.29, 0.717) is 5.92 Å². The molecule has 1 saturated heterocycles. The lowest BCUT2D eigenvalue weighted by Crippen LogP contribution is -2.39. The minimum Gasteiger partial charge on any atom is -0.464 e. The Kier molecular flexibility index (Phi) is 7.87. The van der Waals surface area contributed by atoms with Crippen molar-refractivity contribution in [2.45, 2.75) is 46.6 Å². The van der Waals surface area contributed by atoms with Gasteiger partial charge in [0.2, 0.25) is 5.91 Å². The molecule has 6 rings (SSSR count). The summed E-state index contributed by atoms with van der Waals surface area (Å²) < 4.78 is 5.67. The number of piperidine rings is 1. The second kappa shape index (κ2) is 11.6. The molecule has 3 aromatic heterocycles. The third-order valence-corrected chi connectivity index (χ3v) is 7.47. The van der Waals surface area contributed by atoms with Crippen LogP contribution in [-0.4, -0.2) is 38.8 Å². The van der Waals surface area contributed by atoms with Crippen LogP contribution in [0.4, 0.5) is 5.69 Å². The largest absolute Gasteiger partial charge is 0.464 e. The van der Waals surface area contributed by atoms with Crippen molar-refractivity contribution in [3.8, 4) is 11.1 Å². The number of carbonyl (C=O) groups excluding carboxylic acids is 1. The zero-order valence-corrected chi connectivity index (χ0v) is 23.0. The summed E-state index contributed by atoms with van der Waals surface area (Å²) in [6, 6.07) is 14.7. The zero-order chi connectivity index (χ0) is 27.4. The highest BCUT2D eigenvalue weighted by Gasteiger charge is 2.29. The van der Waals surface area contributed by atoms with Gasteiger partial charge in [-0.05, 0) is 72.7 Å². The van der Waals surface area contributed by atoms with Gasteiger partial charge in [0.15, 0.2) is 0 Å². The van der Waals surface area contributed by atoms with Gasteiger partial charge >= 0.3 is 0 Å². The molecule has 0 saturated carbocycles. The maximum atomic E-state index is 11.9. The number of anilines is 1. The number of aryl methyl sites for hydroxylation is 1. The zero-order valence-electron chi connectivity index (χ0n) is 23.0. The lowest BCUT2D eigenvalue weighted by atomic mass is 9.85. The van der Waals surface area contributed by atoms with Gasteiger partial charge in [-0.1, -0.05) is 26.0 Å². The molecule has 7 nitrogen and oxygen atoms in total. The average Bonchev–Trinajstić information content (AvgIpc) is 3.36. The fraction of sp³-hybridized carbons (Fsp3) is 0.312. The maximum absolute atomic E-state index is 11.9. The number of amides is 1. The van der Waals surface area contributed by atoms with Gasteiger partial charge < -0.3 is 14.6 Å². The first-order chi connectivity index (χ1) is 19.1. The minimum atomic E-state index is 0.0587. The van der Waals surface area contributed by atoms with E-state index in [1.165, 1.54) is 0 Å². The van der Waals surface area contributed by atoms with E-state index in [1.54, 1.807) is 31.8 Å². The molecular weight excluding hydrogens is 486 g/mol. The summed E-state index contributed by atoms with van der Waals surface area (Å²) >= 11 is 0. The standard InChI is InChI=1S/C30H29N5O2.C2H6/c1-19-18-37-28-6-5-22(14-25(19)28)26-15-24(16-27-30(26)33-11-10-32-27)34-29(23-4-3-9-31-17-23)21-7-12-35(13-8-21)20(2)36;1-2/h3-6,9-11,14-18,21,29,34H,7-8,12-13H2,1-2H3;1-2H3. The van der Waals surface area contributed by atoms with Crippen molar-refractivity contribution in [3.63, 3.8) is 0 Å². The van der Waals surface area contributed by atoms with Gasteiger partial charge in [0.1, 0.15) is 5.58 Å². The van der Waals surface area contributed by atoms with E-state index in [0.717, 1.165) is 75.9 Å². The molecule has 1 N–H and O–H groups in total. The van der Waals surface area contributed by atoms with E-state index in [4.69, 9.17) is 4.42 Å². The highest BCUT2D eigenvalue weighted by molar-refractivity contribution is 5.97. The molecule has 200 valence electrons. The molecule has 1 unspecified atom stereocenters. The number of hydrogen-bond acceptors (Lipinski definition) is 6. The van der Waals surface area contributed by atoms with Crippen molar-refractivity contribution in [2.75, 3.05) is 18.4 Å². The molecule has 1 amide bonds. The number of nitrogens with one attached hydrogen (secondary N) is 1. The highest BCUT2D eigenvalue weighted by Crippen LogP contribution is 2.37. The Morgan fingerprint density at radius 1 is 1.05 bits per heavy atom. The fourth-order valence-corrected chi connectivity index (χ4v) is 5.46. The third kappa shape index (κ3) is 5.48. The van der Waals surface area contributed by atoms with Crippen LogP contribution in [-0.2, 0) is 4.79 Å². The normalized spacial score (nSPS) is 14.6. The molecule has 0 radical (unpaired) electrons. The Hall–Kier alpha value is -4.26. The molecule has 0 spiro atoms. The summed E-state index contributed by atoms with van der Waals surface area (Å²) in [5, 5.41) is 4.92. The van der Waals surface area contributed by atoms with Crippen molar-refractivity contribution in [1.29, 1.82) is 0 Å². The molecule has 7 heteroatoms. The van der Waals surface area contributed by atoms with Crippen LogP contribution in [0, 0.1) is 12.8 Å². The molecule has 5 aromatic rings. The Morgan fingerprint density at radius 3 is 2.59 bits per heavy atom. The van der Waals surface area contributed by atoms with Gasteiger partial charge in [0, 0.05) is 61.4 Å². The van der Waals surface area contributed by atoms with Gasteiger partial charge in [-0.15, -0.1) is 0 Å². The second-order valence-electron chi connectivity index (χ2n) is 9.83. The third-order valence-electron chi connectivity index (χ3n) is 7.47. The molecule has 1 aliphatic heterocycles. The van der Waals surface area contributed by atoms with Gasteiger partial charge in [0.05, 0.1) is 23.3 Å². The summed E-state index contributed by atoms with van der Waals surface area (Å²) in [4.78, 5) is 27.6. The quantitative estimate of drug-likeness (QED) is 0.264.